The third-order valence-corrected chi connectivity index (χ3v) is 4.28. The molecule has 0 saturated carbocycles. The zero-order chi connectivity index (χ0) is 19.0. The minimum absolute atomic E-state index is 0.329. The lowest BCUT2D eigenvalue weighted by Crippen LogP contribution is -2.04. The van der Waals surface area contributed by atoms with E-state index in [1.807, 2.05) is 6.92 Å². The van der Waals surface area contributed by atoms with Gasteiger partial charge in [-0.1, -0.05) is 39.1 Å². The van der Waals surface area contributed by atoms with Crippen LogP contribution in [0.1, 0.15) is 31.8 Å². The van der Waals surface area contributed by atoms with Crippen molar-refractivity contribution < 1.29 is 19.1 Å². The van der Waals surface area contributed by atoms with Crippen LogP contribution in [0.5, 0.6) is 0 Å². The first-order valence-electron chi connectivity index (χ1n) is 7.11. The molecule has 2 aromatic rings. The molecule has 0 atom stereocenters. The van der Waals surface area contributed by atoms with Crippen molar-refractivity contribution in [2.45, 2.75) is 12.3 Å². The number of benzene rings is 2. The molecule has 7 heteroatoms. The summed E-state index contributed by atoms with van der Waals surface area (Å²) in [5.41, 5.74) is 2.76. The molecule has 0 aromatic heterocycles. The fraction of sp³-hybridized carbons (Fsp3) is 0.222. The van der Waals surface area contributed by atoms with Crippen LogP contribution in [-0.4, -0.2) is 26.2 Å². The van der Waals surface area contributed by atoms with Crippen LogP contribution in [-0.2, 0) is 14.8 Å². The second-order valence-electron chi connectivity index (χ2n) is 4.88. The molecule has 4 nitrogen and oxygen atoms in total. The number of alkyl halides is 1. The molecule has 0 radical (unpaired) electrons. The van der Waals surface area contributed by atoms with Crippen molar-refractivity contribution in [3.05, 3.63) is 68.7 Å². The Balaban J connectivity index is 0.000000251. The number of ether oxygens (including phenoxy) is 2. The normalized spacial score (nSPS) is 9.68. The number of methoxy groups -OCH3 is 2. The summed E-state index contributed by atoms with van der Waals surface area (Å²) in [6.45, 7) is 1.82. The highest BCUT2D eigenvalue weighted by atomic mass is 79.9. The quantitative estimate of drug-likeness (QED) is 0.463. The van der Waals surface area contributed by atoms with Gasteiger partial charge >= 0.3 is 11.9 Å². The fourth-order valence-electron chi connectivity index (χ4n) is 1.95. The van der Waals surface area contributed by atoms with Crippen LogP contribution in [0.15, 0.2) is 36.4 Å². The minimum Gasteiger partial charge on any atom is -0.465 e. The van der Waals surface area contributed by atoms with E-state index in [0.29, 0.717) is 26.5 Å². The summed E-state index contributed by atoms with van der Waals surface area (Å²) in [6, 6.07) is 10.1. The molecule has 2 aromatic carbocycles. The van der Waals surface area contributed by atoms with Gasteiger partial charge in [-0.3, -0.25) is 0 Å². The van der Waals surface area contributed by atoms with Crippen LogP contribution in [0, 0.1) is 6.92 Å². The molecule has 0 aliphatic rings. The van der Waals surface area contributed by atoms with E-state index in [-0.39, 0.29) is 11.9 Å². The first kappa shape index (κ1) is 21.5. The Morgan fingerprint density at radius 2 is 1.40 bits per heavy atom. The SMILES string of the molecule is COC(=O)c1ccc(Cl)cc1C.COC(=O)c1ccc(Cl)cc1CBr. The monoisotopic (exact) mass is 446 g/mol. The largest absolute Gasteiger partial charge is 0.465 e. The molecule has 0 aliphatic heterocycles. The number of carbonyl (C=O) groups is 2. The second-order valence-corrected chi connectivity index (χ2v) is 6.31. The zero-order valence-electron chi connectivity index (χ0n) is 13.9. The van der Waals surface area contributed by atoms with Crippen molar-refractivity contribution in [2.24, 2.45) is 0 Å². The first-order valence-corrected chi connectivity index (χ1v) is 8.99. The maximum Gasteiger partial charge on any atom is 0.338 e. The lowest BCUT2D eigenvalue weighted by molar-refractivity contribution is 0.0591. The van der Waals surface area contributed by atoms with E-state index in [2.05, 4.69) is 25.4 Å². The molecule has 134 valence electrons. The Morgan fingerprint density at radius 3 is 1.88 bits per heavy atom. The molecule has 2 rings (SSSR count). The lowest BCUT2D eigenvalue weighted by atomic mass is 10.1. The van der Waals surface area contributed by atoms with Gasteiger partial charge in [-0.15, -0.1) is 0 Å². The molecule has 0 unspecified atom stereocenters. The van der Waals surface area contributed by atoms with E-state index in [1.165, 1.54) is 14.2 Å². The van der Waals surface area contributed by atoms with E-state index in [0.717, 1.165) is 11.1 Å². The molecule has 25 heavy (non-hydrogen) atoms. The Morgan fingerprint density at radius 1 is 0.920 bits per heavy atom. The summed E-state index contributed by atoms with van der Waals surface area (Å²) in [7, 11) is 2.71. The summed E-state index contributed by atoms with van der Waals surface area (Å²) in [6.07, 6.45) is 0. The average molecular weight is 448 g/mol. The lowest BCUT2D eigenvalue weighted by Gasteiger charge is -2.04. The smallest absolute Gasteiger partial charge is 0.338 e. The Kier molecular flexibility index (Phi) is 8.97. The van der Waals surface area contributed by atoms with Gasteiger partial charge < -0.3 is 9.47 Å². The highest BCUT2D eigenvalue weighted by molar-refractivity contribution is 9.08. The third-order valence-electron chi connectivity index (χ3n) is 3.21. The minimum atomic E-state index is -0.342. The maximum absolute atomic E-state index is 11.2. The molecular weight excluding hydrogens is 431 g/mol. The predicted molar refractivity (Wildman–Crippen MR) is 103 cm³/mol. The maximum atomic E-state index is 11.2. The van der Waals surface area contributed by atoms with Gasteiger partial charge in [0.25, 0.3) is 0 Å². The van der Waals surface area contributed by atoms with Crippen LogP contribution in [0.2, 0.25) is 10.0 Å². The van der Waals surface area contributed by atoms with Gasteiger partial charge in [0.1, 0.15) is 0 Å². The molecule has 0 heterocycles. The van der Waals surface area contributed by atoms with E-state index in [4.69, 9.17) is 23.2 Å². The van der Waals surface area contributed by atoms with E-state index in [9.17, 15) is 9.59 Å². The van der Waals surface area contributed by atoms with Crippen LogP contribution < -0.4 is 0 Å². The highest BCUT2D eigenvalue weighted by Gasteiger charge is 2.10. The molecule has 0 aliphatic carbocycles. The topological polar surface area (TPSA) is 52.6 Å². The molecule has 0 amide bonds. The standard InChI is InChI=1S/C9H8BrClO2.C9H9ClO2/c1-13-9(12)8-3-2-7(11)4-6(8)5-10;1-6-5-7(10)3-4-8(6)9(11)12-2/h2-4H,5H2,1H3;3-5H,1-2H3. The number of halogens is 3. The van der Waals surface area contributed by atoms with Gasteiger partial charge in [0.2, 0.25) is 0 Å². The summed E-state index contributed by atoms with van der Waals surface area (Å²) in [5.74, 6) is -0.671. The first-order chi connectivity index (χ1) is 11.8. The Hall–Kier alpha value is -1.56. The number of esters is 2. The number of carbonyl (C=O) groups excluding carboxylic acids is 2. The number of aryl methyl sites for hydroxylation is 1. The summed E-state index contributed by atoms with van der Waals surface area (Å²) in [5, 5.41) is 1.82. The molecule has 0 bridgehead atoms. The van der Waals surface area contributed by atoms with E-state index >= 15 is 0 Å². The fourth-order valence-corrected chi connectivity index (χ4v) is 2.83. The summed E-state index contributed by atoms with van der Waals surface area (Å²) >= 11 is 14.8. The molecule has 0 saturated heterocycles. The summed E-state index contributed by atoms with van der Waals surface area (Å²) in [4.78, 5) is 22.3. The Labute approximate surface area is 165 Å². The van der Waals surface area contributed by atoms with Crippen molar-refractivity contribution in [3.63, 3.8) is 0 Å². The van der Waals surface area contributed by atoms with Crippen LogP contribution in [0.3, 0.4) is 0 Å². The van der Waals surface area contributed by atoms with Crippen molar-refractivity contribution in [3.8, 4) is 0 Å². The van der Waals surface area contributed by atoms with Gasteiger partial charge in [0.15, 0.2) is 0 Å². The van der Waals surface area contributed by atoms with Crippen LogP contribution in [0.25, 0.3) is 0 Å². The van der Waals surface area contributed by atoms with Gasteiger partial charge in [0.05, 0.1) is 25.3 Å². The molecule has 0 spiro atoms. The van der Waals surface area contributed by atoms with Crippen molar-refractivity contribution in [2.75, 3.05) is 14.2 Å². The zero-order valence-corrected chi connectivity index (χ0v) is 17.0. The van der Waals surface area contributed by atoms with Crippen molar-refractivity contribution >= 4 is 51.1 Å². The summed E-state index contributed by atoms with van der Waals surface area (Å²) < 4.78 is 9.19. The molecular formula is C18H17BrCl2O4. The third kappa shape index (κ3) is 6.34. The molecule has 0 fully saturated rings. The van der Waals surface area contributed by atoms with Crippen molar-refractivity contribution in [1.29, 1.82) is 0 Å². The highest BCUT2D eigenvalue weighted by Crippen LogP contribution is 2.19. The van der Waals surface area contributed by atoms with Crippen LogP contribution >= 0.6 is 39.1 Å². The van der Waals surface area contributed by atoms with Gasteiger partial charge in [0, 0.05) is 15.4 Å². The molecule has 0 N–H and O–H groups in total. The Bertz CT molecular complexity index is 763. The van der Waals surface area contributed by atoms with Gasteiger partial charge in [-0.25, -0.2) is 9.59 Å². The van der Waals surface area contributed by atoms with E-state index < -0.39 is 0 Å². The number of hydrogen-bond donors (Lipinski definition) is 0. The van der Waals surface area contributed by atoms with Gasteiger partial charge in [-0.2, -0.15) is 0 Å². The van der Waals surface area contributed by atoms with Gasteiger partial charge in [-0.05, 0) is 54.4 Å². The predicted octanol–water partition coefficient (Wildman–Crippen LogP) is 5.46. The van der Waals surface area contributed by atoms with E-state index in [1.54, 1.807) is 36.4 Å². The average Bonchev–Trinajstić information content (AvgIpc) is 2.60. The van der Waals surface area contributed by atoms with Crippen molar-refractivity contribution in [1.82, 2.24) is 0 Å². The second kappa shape index (κ2) is 10.4. The number of rotatable bonds is 3. The van der Waals surface area contributed by atoms with Crippen LogP contribution in [0.4, 0.5) is 0 Å². The number of hydrogen-bond acceptors (Lipinski definition) is 4.